The Hall–Kier alpha value is -1.55. The quantitative estimate of drug-likeness (QED) is 0.682. The van der Waals surface area contributed by atoms with Crippen molar-refractivity contribution in [3.8, 4) is 5.75 Å². The van der Waals surface area contributed by atoms with Crippen LogP contribution >= 0.6 is 0 Å². The van der Waals surface area contributed by atoms with E-state index in [2.05, 4.69) is 31.4 Å². The number of nitrogens with one attached hydrogen (secondary N) is 2. The highest BCUT2D eigenvalue weighted by Crippen LogP contribution is 2.12. The second-order valence-electron chi connectivity index (χ2n) is 5.17. The third-order valence-corrected chi connectivity index (χ3v) is 2.86. The topological polar surface area (TPSA) is 50.4 Å². The molecule has 2 N–H and O–H groups in total. The van der Waals surface area contributed by atoms with E-state index in [0.717, 1.165) is 31.7 Å². The van der Waals surface area contributed by atoms with E-state index >= 15 is 0 Å². The number of hydrogen-bond donors (Lipinski definition) is 2. The highest BCUT2D eigenvalue weighted by Gasteiger charge is 2.02. The third kappa shape index (κ3) is 7.14. The molecule has 0 atom stereocenters. The van der Waals surface area contributed by atoms with Crippen molar-refractivity contribution in [3.63, 3.8) is 0 Å². The summed E-state index contributed by atoms with van der Waals surface area (Å²) >= 11 is 0. The Morgan fingerprint density at radius 1 is 1.25 bits per heavy atom. The molecular weight excluding hydrogens is 252 g/mol. The first-order valence-electron chi connectivity index (χ1n) is 7.33. The lowest BCUT2D eigenvalue weighted by atomic mass is 10.2. The zero-order valence-corrected chi connectivity index (χ0v) is 12.7. The van der Waals surface area contributed by atoms with Gasteiger partial charge in [-0.3, -0.25) is 4.79 Å². The first kappa shape index (κ1) is 16.5. The molecule has 1 aromatic rings. The van der Waals surface area contributed by atoms with Crippen LogP contribution in [0.1, 0.15) is 39.2 Å². The summed E-state index contributed by atoms with van der Waals surface area (Å²) in [5, 5.41) is 6.18. The van der Waals surface area contributed by atoms with Crippen molar-refractivity contribution in [1.29, 1.82) is 0 Å². The van der Waals surface area contributed by atoms with Crippen LogP contribution in [0.3, 0.4) is 0 Å². The second-order valence-corrected chi connectivity index (χ2v) is 5.17. The second kappa shape index (κ2) is 9.37. The largest absolute Gasteiger partial charge is 0.484 e. The summed E-state index contributed by atoms with van der Waals surface area (Å²) < 4.78 is 5.45. The Kier molecular flexibility index (Phi) is 7.73. The van der Waals surface area contributed by atoms with Gasteiger partial charge in [0, 0.05) is 19.1 Å². The highest BCUT2D eigenvalue weighted by atomic mass is 16.5. The van der Waals surface area contributed by atoms with E-state index in [0.29, 0.717) is 6.04 Å². The fourth-order valence-corrected chi connectivity index (χ4v) is 1.63. The molecule has 20 heavy (non-hydrogen) atoms. The number of carbonyl (C=O) groups is 1. The van der Waals surface area contributed by atoms with Crippen LogP contribution in [0.5, 0.6) is 5.75 Å². The van der Waals surface area contributed by atoms with Crippen LogP contribution in [0.2, 0.25) is 0 Å². The van der Waals surface area contributed by atoms with Gasteiger partial charge < -0.3 is 15.4 Å². The maximum atomic E-state index is 11.5. The summed E-state index contributed by atoms with van der Waals surface area (Å²) in [5.74, 6) is 0.660. The van der Waals surface area contributed by atoms with Crippen molar-refractivity contribution in [3.05, 3.63) is 29.8 Å². The summed E-state index contributed by atoms with van der Waals surface area (Å²) in [7, 11) is 0. The van der Waals surface area contributed by atoms with Crippen molar-refractivity contribution in [2.24, 2.45) is 0 Å². The normalized spacial score (nSPS) is 10.6. The van der Waals surface area contributed by atoms with Gasteiger partial charge in [-0.25, -0.2) is 0 Å². The first-order chi connectivity index (χ1) is 9.61. The Morgan fingerprint density at radius 2 is 1.95 bits per heavy atom. The molecule has 0 aliphatic rings. The number of carbonyl (C=O) groups excluding carboxylic acids is 1. The van der Waals surface area contributed by atoms with E-state index in [-0.39, 0.29) is 12.5 Å². The maximum absolute atomic E-state index is 11.5. The van der Waals surface area contributed by atoms with Gasteiger partial charge in [0.2, 0.25) is 0 Å². The molecule has 0 spiro atoms. The minimum absolute atomic E-state index is 0.0657. The van der Waals surface area contributed by atoms with Gasteiger partial charge in [0.25, 0.3) is 5.91 Å². The van der Waals surface area contributed by atoms with E-state index in [1.54, 1.807) is 0 Å². The van der Waals surface area contributed by atoms with Crippen molar-refractivity contribution in [2.75, 3.05) is 13.2 Å². The van der Waals surface area contributed by atoms with Gasteiger partial charge in [0.05, 0.1) is 0 Å². The Morgan fingerprint density at radius 3 is 2.55 bits per heavy atom. The lowest BCUT2D eigenvalue weighted by molar-refractivity contribution is -0.123. The van der Waals surface area contributed by atoms with Gasteiger partial charge in [0.1, 0.15) is 5.75 Å². The standard InChI is InChI=1S/C16H26N2O2/c1-4-5-10-17-16(19)12-20-15-8-6-14(7-9-15)11-18-13(2)3/h6-9,13,18H,4-5,10-12H2,1-3H3,(H,17,19). The van der Waals surface area contributed by atoms with Gasteiger partial charge in [-0.15, -0.1) is 0 Å². The van der Waals surface area contributed by atoms with E-state index in [9.17, 15) is 4.79 Å². The van der Waals surface area contributed by atoms with Gasteiger partial charge >= 0.3 is 0 Å². The van der Waals surface area contributed by atoms with Crippen LogP contribution < -0.4 is 15.4 Å². The number of hydrogen-bond acceptors (Lipinski definition) is 3. The number of amides is 1. The molecular formula is C16H26N2O2. The summed E-state index contributed by atoms with van der Waals surface area (Å²) in [6.45, 7) is 7.98. The third-order valence-electron chi connectivity index (χ3n) is 2.86. The van der Waals surface area contributed by atoms with E-state index in [1.807, 2.05) is 24.3 Å². The van der Waals surface area contributed by atoms with E-state index in [1.165, 1.54) is 5.56 Å². The lowest BCUT2D eigenvalue weighted by Crippen LogP contribution is -2.29. The summed E-state index contributed by atoms with van der Waals surface area (Å²) in [6.07, 6.45) is 2.08. The minimum Gasteiger partial charge on any atom is -0.484 e. The summed E-state index contributed by atoms with van der Waals surface area (Å²) in [4.78, 5) is 11.5. The molecule has 0 unspecified atom stereocenters. The zero-order chi connectivity index (χ0) is 14.8. The molecule has 0 fully saturated rings. The minimum atomic E-state index is -0.0657. The molecule has 0 aliphatic carbocycles. The number of unbranched alkanes of at least 4 members (excludes halogenated alkanes) is 1. The molecule has 0 aromatic heterocycles. The Balaban J connectivity index is 2.28. The lowest BCUT2D eigenvalue weighted by Gasteiger charge is -2.10. The molecule has 0 saturated heterocycles. The van der Waals surface area contributed by atoms with E-state index in [4.69, 9.17) is 4.74 Å². The molecule has 4 nitrogen and oxygen atoms in total. The molecule has 112 valence electrons. The average molecular weight is 278 g/mol. The van der Waals surface area contributed by atoms with E-state index < -0.39 is 0 Å². The smallest absolute Gasteiger partial charge is 0.257 e. The van der Waals surface area contributed by atoms with Gasteiger partial charge in [-0.2, -0.15) is 0 Å². The van der Waals surface area contributed by atoms with Crippen LogP contribution in [0.25, 0.3) is 0 Å². The molecule has 1 aromatic carbocycles. The molecule has 0 aliphatic heterocycles. The Labute approximate surface area is 121 Å². The molecule has 4 heteroatoms. The zero-order valence-electron chi connectivity index (χ0n) is 12.7. The summed E-state index contributed by atoms with van der Waals surface area (Å²) in [5.41, 5.74) is 1.21. The van der Waals surface area contributed by atoms with Crippen molar-refractivity contribution in [2.45, 2.75) is 46.2 Å². The van der Waals surface area contributed by atoms with Crippen LogP contribution in [0.4, 0.5) is 0 Å². The van der Waals surface area contributed by atoms with Gasteiger partial charge in [-0.05, 0) is 24.1 Å². The molecule has 1 rings (SSSR count). The van der Waals surface area contributed by atoms with Crippen LogP contribution in [0, 0.1) is 0 Å². The average Bonchev–Trinajstić information content (AvgIpc) is 2.44. The number of benzene rings is 1. The number of rotatable bonds is 9. The van der Waals surface area contributed by atoms with Crippen LogP contribution in [0.15, 0.2) is 24.3 Å². The van der Waals surface area contributed by atoms with Crippen LogP contribution in [-0.4, -0.2) is 25.1 Å². The van der Waals surface area contributed by atoms with Gasteiger partial charge in [0.15, 0.2) is 6.61 Å². The SMILES string of the molecule is CCCCNC(=O)COc1ccc(CNC(C)C)cc1. The predicted molar refractivity (Wildman–Crippen MR) is 81.8 cm³/mol. The molecule has 0 heterocycles. The molecule has 0 radical (unpaired) electrons. The van der Waals surface area contributed by atoms with Crippen molar-refractivity contribution >= 4 is 5.91 Å². The monoisotopic (exact) mass is 278 g/mol. The van der Waals surface area contributed by atoms with Crippen LogP contribution in [-0.2, 0) is 11.3 Å². The predicted octanol–water partition coefficient (Wildman–Crippen LogP) is 2.48. The fraction of sp³-hybridized carbons (Fsp3) is 0.562. The van der Waals surface area contributed by atoms with Crippen molar-refractivity contribution in [1.82, 2.24) is 10.6 Å². The first-order valence-corrected chi connectivity index (χ1v) is 7.33. The maximum Gasteiger partial charge on any atom is 0.257 e. The molecule has 1 amide bonds. The number of ether oxygens (including phenoxy) is 1. The van der Waals surface area contributed by atoms with Gasteiger partial charge in [-0.1, -0.05) is 39.3 Å². The molecule has 0 bridgehead atoms. The fourth-order valence-electron chi connectivity index (χ4n) is 1.63. The highest BCUT2D eigenvalue weighted by molar-refractivity contribution is 5.77. The van der Waals surface area contributed by atoms with Crippen molar-refractivity contribution < 1.29 is 9.53 Å². The summed E-state index contributed by atoms with van der Waals surface area (Å²) in [6, 6.07) is 8.30. The Bertz CT molecular complexity index is 388. The molecule has 0 saturated carbocycles.